The van der Waals surface area contributed by atoms with Gasteiger partial charge in [-0.15, -0.1) is 0 Å². The summed E-state index contributed by atoms with van der Waals surface area (Å²) in [6, 6.07) is -3.87. The molecule has 1 fully saturated rings. The van der Waals surface area contributed by atoms with E-state index in [1.54, 1.807) is 52.0 Å². The van der Waals surface area contributed by atoms with Gasteiger partial charge in [0, 0.05) is 59.1 Å². The van der Waals surface area contributed by atoms with Crippen LogP contribution in [0.3, 0.4) is 0 Å². The van der Waals surface area contributed by atoms with Crippen molar-refractivity contribution in [2.75, 3.05) is 35.2 Å². The van der Waals surface area contributed by atoms with Crippen LogP contribution in [-0.4, -0.2) is 178 Å². The molecular formula is C51H84ClN9O10. The second-order valence-corrected chi connectivity index (χ2v) is 21.2. The van der Waals surface area contributed by atoms with Gasteiger partial charge in [0.25, 0.3) is 0 Å². The first kappa shape index (κ1) is 61.8. The molecule has 0 unspecified atom stereocenters. The molecule has 1 aliphatic rings. The summed E-state index contributed by atoms with van der Waals surface area (Å²) in [5.41, 5.74) is 0.551. The van der Waals surface area contributed by atoms with E-state index in [9.17, 15) is 48.3 Å². The number of halogens is 1. The molecule has 400 valence electrons. The topological polar surface area (TPSA) is 238 Å². The fourth-order valence-corrected chi connectivity index (χ4v) is 8.69. The summed E-state index contributed by atoms with van der Waals surface area (Å²) in [5.74, 6) is -6.92. The second-order valence-electron chi connectivity index (χ2n) is 20.7. The van der Waals surface area contributed by atoms with E-state index in [0.29, 0.717) is 17.0 Å². The third kappa shape index (κ3) is 16.9. The minimum atomic E-state index is -1.61. The Hall–Kier alpha value is -5.30. The molecule has 0 saturated carbocycles. The summed E-state index contributed by atoms with van der Waals surface area (Å²) in [6.07, 6.45) is -0.983. The Labute approximate surface area is 426 Å². The summed E-state index contributed by atoms with van der Waals surface area (Å²) in [5, 5.41) is 22.5. The normalized spacial score (nSPS) is 27.4. The monoisotopic (exact) mass is 1020 g/mol. The van der Waals surface area contributed by atoms with Crippen LogP contribution in [0.25, 0.3) is 0 Å². The number of aliphatic hydroxyl groups is 1. The summed E-state index contributed by atoms with van der Waals surface area (Å²) in [4.78, 5) is 134. The molecule has 1 heterocycles. The maximum Gasteiger partial charge on any atom is 0.248 e. The van der Waals surface area contributed by atoms with Gasteiger partial charge in [0.05, 0.1) is 6.10 Å². The van der Waals surface area contributed by atoms with Crippen LogP contribution in [0.2, 0.25) is 5.02 Å². The van der Waals surface area contributed by atoms with Crippen molar-refractivity contribution in [3.63, 3.8) is 0 Å². The number of likely N-dealkylation sites (N-methyl/N-ethyl adjacent to an activating group) is 5. The molecule has 1 aliphatic heterocycles. The third-order valence-electron chi connectivity index (χ3n) is 13.6. The van der Waals surface area contributed by atoms with Gasteiger partial charge >= 0.3 is 0 Å². The van der Waals surface area contributed by atoms with Gasteiger partial charge in [-0.2, -0.15) is 0 Å². The van der Waals surface area contributed by atoms with E-state index in [-0.39, 0.29) is 37.5 Å². The molecule has 0 aromatic heterocycles. The summed E-state index contributed by atoms with van der Waals surface area (Å²) >= 11 is 6.33. The van der Waals surface area contributed by atoms with Gasteiger partial charge in [0.1, 0.15) is 48.3 Å². The zero-order chi connectivity index (χ0) is 54.5. The van der Waals surface area contributed by atoms with E-state index < -0.39 is 125 Å². The van der Waals surface area contributed by atoms with Crippen molar-refractivity contribution in [1.29, 1.82) is 0 Å². The van der Waals surface area contributed by atoms with Crippen LogP contribution in [0, 0.1) is 23.7 Å². The number of hydrogen-bond donors (Lipinski definition) is 5. The number of benzene rings is 1. The molecule has 5 N–H and O–H groups in total. The fourth-order valence-electron chi connectivity index (χ4n) is 8.47. The first-order valence-corrected chi connectivity index (χ1v) is 25.2. The average molecular weight is 1020 g/mol. The molecule has 1 aromatic carbocycles. The molecule has 11 atom stereocenters. The van der Waals surface area contributed by atoms with Crippen molar-refractivity contribution in [3.05, 3.63) is 34.9 Å². The summed E-state index contributed by atoms with van der Waals surface area (Å²) in [6.45, 7) is 20.5. The van der Waals surface area contributed by atoms with Gasteiger partial charge in [-0.3, -0.25) is 43.2 Å². The van der Waals surface area contributed by atoms with Crippen molar-refractivity contribution in [2.24, 2.45) is 23.7 Å². The number of rotatable bonds is 10. The number of nitrogens with zero attached hydrogens (tertiary/aromatic N) is 5. The lowest BCUT2D eigenvalue weighted by Crippen LogP contribution is -2.62. The van der Waals surface area contributed by atoms with Crippen molar-refractivity contribution in [2.45, 2.75) is 176 Å². The van der Waals surface area contributed by atoms with Gasteiger partial charge < -0.3 is 50.9 Å². The summed E-state index contributed by atoms with van der Waals surface area (Å²) in [7, 11) is 7.03. The number of carbonyl (C=O) groups is 9. The Kier molecular flexibility index (Phi) is 23.9. The van der Waals surface area contributed by atoms with Crippen LogP contribution < -0.4 is 21.3 Å². The molecule has 20 heteroatoms. The number of hydrogen-bond acceptors (Lipinski definition) is 10. The highest BCUT2D eigenvalue weighted by Gasteiger charge is 2.42. The van der Waals surface area contributed by atoms with E-state index in [1.807, 2.05) is 34.6 Å². The van der Waals surface area contributed by atoms with Crippen LogP contribution in [0.15, 0.2) is 24.3 Å². The molecule has 0 aliphatic carbocycles. The van der Waals surface area contributed by atoms with Crippen LogP contribution in [-0.2, 0) is 49.6 Å². The molecule has 71 heavy (non-hydrogen) atoms. The highest BCUT2D eigenvalue weighted by Crippen LogP contribution is 2.21. The molecule has 9 amide bonds. The van der Waals surface area contributed by atoms with Crippen LogP contribution in [0.4, 0.5) is 0 Å². The van der Waals surface area contributed by atoms with Gasteiger partial charge in [0.2, 0.25) is 53.2 Å². The molecule has 0 bridgehead atoms. The number of amides is 9. The van der Waals surface area contributed by atoms with E-state index in [4.69, 9.17) is 11.6 Å². The Morgan fingerprint density at radius 2 is 1.00 bits per heavy atom. The van der Waals surface area contributed by atoms with Crippen LogP contribution in [0.1, 0.15) is 114 Å². The lowest BCUT2D eigenvalue weighted by molar-refractivity contribution is -0.151. The number of nitrogens with one attached hydrogen (secondary N) is 4. The highest BCUT2D eigenvalue weighted by atomic mass is 35.5. The Morgan fingerprint density at radius 1 is 0.577 bits per heavy atom. The van der Waals surface area contributed by atoms with E-state index in [0.717, 1.165) is 9.80 Å². The molecule has 1 saturated heterocycles. The molecular weight excluding hydrogens is 934 g/mol. The number of aliphatic hydroxyl groups excluding tert-OH is 1. The summed E-state index contributed by atoms with van der Waals surface area (Å²) < 4.78 is 0. The zero-order valence-electron chi connectivity index (χ0n) is 45.2. The maximum absolute atomic E-state index is 14.5. The van der Waals surface area contributed by atoms with E-state index >= 15 is 0 Å². The van der Waals surface area contributed by atoms with E-state index in [2.05, 4.69) is 21.3 Å². The van der Waals surface area contributed by atoms with Gasteiger partial charge in [-0.1, -0.05) is 85.5 Å². The first-order chi connectivity index (χ1) is 32.9. The predicted octanol–water partition coefficient (Wildman–Crippen LogP) is 2.60. The molecule has 19 nitrogen and oxygen atoms in total. The first-order valence-electron chi connectivity index (χ1n) is 24.8. The molecule has 0 radical (unpaired) electrons. The third-order valence-corrected chi connectivity index (χ3v) is 13.8. The number of carbonyl (C=O) groups excluding carboxylic acids is 9. The molecule has 2 rings (SSSR count). The van der Waals surface area contributed by atoms with Crippen LogP contribution in [0.5, 0.6) is 0 Å². The highest BCUT2D eigenvalue weighted by molar-refractivity contribution is 6.30. The van der Waals surface area contributed by atoms with Crippen molar-refractivity contribution in [1.82, 2.24) is 45.8 Å². The minimum absolute atomic E-state index is 0.0794. The molecule has 0 spiro atoms. The van der Waals surface area contributed by atoms with Gasteiger partial charge in [0.15, 0.2) is 0 Å². The standard InChI is InChI=1S/C51H84ClN9O10/c1-18-30(8)42-50(70)57(13)32(10)48(68)60(16)39(26-35-20-19-21-36(52)25-35)46(66)56-43(34(12)62)51(71)58(14)33(11)47(67)59(15)37(22-27(2)3)44(64)53-31(9)24-40(63)54-41(29(6)7)49(69)61(17)38(23-28(4)5)45(65)55-42/h19-21,25,27-34,37-39,41-43,62H,18,22-24,26H2,1-17H3,(H,53,64)(H,54,63)(H,55,65)(H,56,66)/t30-,31-,32-,33-,34+,37-,38-,39-,41+,42-,43-/m0/s1. The fraction of sp³-hybridized carbons (Fsp3) is 0.706. The Morgan fingerprint density at radius 3 is 1.45 bits per heavy atom. The smallest absolute Gasteiger partial charge is 0.248 e. The van der Waals surface area contributed by atoms with Gasteiger partial charge in [-0.05, 0) is 81.9 Å². The lowest BCUT2D eigenvalue weighted by atomic mass is 9.95. The molecule has 1 aromatic rings. The van der Waals surface area contributed by atoms with E-state index in [1.165, 1.54) is 70.7 Å². The average Bonchev–Trinajstić information content (AvgIpc) is 3.30. The largest absolute Gasteiger partial charge is 0.391 e. The van der Waals surface area contributed by atoms with Crippen molar-refractivity contribution < 1.29 is 48.3 Å². The van der Waals surface area contributed by atoms with Crippen LogP contribution >= 0.6 is 11.6 Å². The zero-order valence-corrected chi connectivity index (χ0v) is 45.9. The minimum Gasteiger partial charge on any atom is -0.391 e. The van der Waals surface area contributed by atoms with Crippen molar-refractivity contribution >= 4 is 64.8 Å². The van der Waals surface area contributed by atoms with Gasteiger partial charge in [-0.25, -0.2) is 0 Å². The SMILES string of the molecule is CC[C@H](C)[C@@H]1NC(=O)[C@H](CC(C)C)N(C)C(=O)[C@@H](C(C)C)NC(=O)C[C@H](C)NC(=O)[C@H](CC(C)C)N(C)C(=O)[C@H](C)N(C)C(=O)[C@H]([C@@H](C)O)NC(=O)[C@H](Cc2cccc(Cl)c2)N(C)C(=O)[C@H](C)N(C)C1=O. The lowest BCUT2D eigenvalue weighted by Gasteiger charge is -2.37. The Bertz CT molecular complexity index is 2050. The second kappa shape index (κ2) is 27.5. The predicted molar refractivity (Wildman–Crippen MR) is 272 cm³/mol. The van der Waals surface area contributed by atoms with Crippen molar-refractivity contribution in [3.8, 4) is 0 Å². The Balaban J connectivity index is 2.85. The quantitative estimate of drug-likeness (QED) is 0.230. The maximum atomic E-state index is 14.5.